The molecule has 28 heavy (non-hydrogen) atoms. The van der Waals surface area contributed by atoms with Crippen molar-refractivity contribution in [2.75, 3.05) is 40.0 Å². The largest absolute Gasteiger partial charge is 0.496 e. The lowest BCUT2D eigenvalue weighted by molar-refractivity contribution is 0.0730. The molecule has 0 saturated carbocycles. The Morgan fingerprint density at radius 2 is 1.86 bits per heavy atom. The molecular formula is C20H24N2O5S. The van der Waals surface area contributed by atoms with Gasteiger partial charge < -0.3 is 14.8 Å². The summed E-state index contributed by atoms with van der Waals surface area (Å²) in [4.78, 5) is 12.7. The monoisotopic (exact) mass is 404 g/mol. The number of carbonyl (C=O) groups excluding carboxylic acids is 1. The predicted molar refractivity (Wildman–Crippen MR) is 105 cm³/mol. The van der Waals surface area contributed by atoms with Crippen molar-refractivity contribution in [3.05, 3.63) is 59.7 Å². The van der Waals surface area contributed by atoms with Crippen molar-refractivity contribution in [3.8, 4) is 5.75 Å². The van der Waals surface area contributed by atoms with E-state index in [1.807, 2.05) is 30.3 Å². The molecule has 1 saturated heterocycles. The van der Waals surface area contributed by atoms with Gasteiger partial charge in [0.25, 0.3) is 5.91 Å². The summed E-state index contributed by atoms with van der Waals surface area (Å²) < 4.78 is 37.6. The van der Waals surface area contributed by atoms with Crippen LogP contribution in [0.25, 0.3) is 0 Å². The molecule has 1 fully saturated rings. The van der Waals surface area contributed by atoms with E-state index in [2.05, 4.69) is 5.32 Å². The van der Waals surface area contributed by atoms with Crippen molar-refractivity contribution >= 4 is 15.9 Å². The van der Waals surface area contributed by atoms with Crippen LogP contribution < -0.4 is 10.1 Å². The molecule has 8 heteroatoms. The van der Waals surface area contributed by atoms with Crippen molar-refractivity contribution in [3.63, 3.8) is 0 Å². The number of ether oxygens (including phenoxy) is 2. The molecule has 1 aliphatic heterocycles. The maximum Gasteiger partial charge on any atom is 0.255 e. The number of rotatable bonds is 7. The van der Waals surface area contributed by atoms with Gasteiger partial charge in [0, 0.05) is 19.6 Å². The lowest BCUT2D eigenvalue weighted by Gasteiger charge is -2.26. The Kier molecular flexibility index (Phi) is 6.66. The van der Waals surface area contributed by atoms with E-state index in [1.54, 1.807) is 0 Å². The topological polar surface area (TPSA) is 84.9 Å². The number of nitrogens with zero attached hydrogens (tertiary/aromatic N) is 1. The van der Waals surface area contributed by atoms with Crippen LogP contribution in [0.4, 0.5) is 0 Å². The van der Waals surface area contributed by atoms with Gasteiger partial charge in [-0.05, 0) is 30.2 Å². The van der Waals surface area contributed by atoms with Gasteiger partial charge in [0.05, 0.1) is 30.8 Å². The summed E-state index contributed by atoms with van der Waals surface area (Å²) in [6, 6.07) is 14.2. The van der Waals surface area contributed by atoms with Gasteiger partial charge in [0.1, 0.15) is 5.75 Å². The first-order chi connectivity index (χ1) is 13.5. The first kappa shape index (κ1) is 20.3. The third-order valence-electron chi connectivity index (χ3n) is 4.57. The average molecular weight is 404 g/mol. The third-order valence-corrected chi connectivity index (χ3v) is 6.46. The third kappa shape index (κ3) is 4.70. The van der Waals surface area contributed by atoms with E-state index in [4.69, 9.17) is 9.47 Å². The molecule has 0 unspecified atom stereocenters. The maximum atomic E-state index is 12.9. The van der Waals surface area contributed by atoms with Crippen LogP contribution in [0, 0.1) is 0 Å². The van der Waals surface area contributed by atoms with Gasteiger partial charge in [0.15, 0.2) is 0 Å². The molecular weight excluding hydrogens is 380 g/mol. The second kappa shape index (κ2) is 9.18. The Morgan fingerprint density at radius 1 is 1.14 bits per heavy atom. The van der Waals surface area contributed by atoms with Crippen LogP contribution in [-0.4, -0.2) is 58.6 Å². The predicted octanol–water partition coefficient (Wildman–Crippen LogP) is 1.69. The number of carbonyl (C=O) groups is 1. The van der Waals surface area contributed by atoms with Gasteiger partial charge in [-0.1, -0.05) is 30.3 Å². The average Bonchev–Trinajstić information content (AvgIpc) is 2.74. The molecule has 1 aliphatic rings. The van der Waals surface area contributed by atoms with Crippen LogP contribution in [0.15, 0.2) is 53.4 Å². The number of hydrogen-bond acceptors (Lipinski definition) is 5. The van der Waals surface area contributed by atoms with E-state index >= 15 is 0 Å². The highest BCUT2D eigenvalue weighted by atomic mass is 32.2. The highest BCUT2D eigenvalue weighted by molar-refractivity contribution is 7.89. The summed E-state index contributed by atoms with van der Waals surface area (Å²) in [5, 5.41) is 2.83. The Morgan fingerprint density at radius 3 is 2.54 bits per heavy atom. The van der Waals surface area contributed by atoms with E-state index in [0.29, 0.717) is 45.0 Å². The number of methoxy groups -OCH3 is 1. The smallest absolute Gasteiger partial charge is 0.255 e. The summed E-state index contributed by atoms with van der Waals surface area (Å²) >= 11 is 0. The van der Waals surface area contributed by atoms with Crippen molar-refractivity contribution < 1.29 is 22.7 Å². The van der Waals surface area contributed by atoms with Gasteiger partial charge in [-0.3, -0.25) is 4.79 Å². The van der Waals surface area contributed by atoms with E-state index in [1.165, 1.54) is 29.6 Å². The van der Waals surface area contributed by atoms with Gasteiger partial charge in [-0.25, -0.2) is 8.42 Å². The molecule has 1 heterocycles. The lowest BCUT2D eigenvalue weighted by Crippen LogP contribution is -2.40. The second-order valence-corrected chi connectivity index (χ2v) is 8.31. The van der Waals surface area contributed by atoms with E-state index < -0.39 is 10.0 Å². The van der Waals surface area contributed by atoms with E-state index in [0.717, 1.165) is 5.56 Å². The van der Waals surface area contributed by atoms with Crippen molar-refractivity contribution in [2.24, 2.45) is 0 Å². The zero-order chi connectivity index (χ0) is 20.0. The molecule has 0 aliphatic carbocycles. The number of amides is 1. The SMILES string of the molecule is COc1ccc(S(=O)(=O)N2CCOCC2)cc1C(=O)NCCc1ccccc1. The van der Waals surface area contributed by atoms with Crippen LogP contribution in [0.1, 0.15) is 15.9 Å². The summed E-state index contributed by atoms with van der Waals surface area (Å²) in [6.45, 7) is 1.76. The fourth-order valence-corrected chi connectivity index (χ4v) is 4.46. The Balaban J connectivity index is 1.75. The molecule has 0 atom stereocenters. The minimum atomic E-state index is -3.69. The van der Waals surface area contributed by atoms with Crippen molar-refractivity contribution in [2.45, 2.75) is 11.3 Å². The molecule has 0 radical (unpaired) electrons. The molecule has 1 N–H and O–H groups in total. The first-order valence-corrected chi connectivity index (χ1v) is 10.5. The normalized spacial score (nSPS) is 15.2. The molecule has 7 nitrogen and oxygen atoms in total. The Hall–Kier alpha value is -2.42. The molecule has 2 aromatic carbocycles. The minimum absolute atomic E-state index is 0.0726. The fourth-order valence-electron chi connectivity index (χ4n) is 3.02. The summed E-state index contributed by atoms with van der Waals surface area (Å²) in [5.74, 6) is -0.0371. The Labute approximate surface area is 165 Å². The van der Waals surface area contributed by atoms with Gasteiger partial charge in [-0.15, -0.1) is 0 Å². The first-order valence-electron chi connectivity index (χ1n) is 9.10. The molecule has 2 aromatic rings. The lowest BCUT2D eigenvalue weighted by atomic mass is 10.1. The zero-order valence-electron chi connectivity index (χ0n) is 15.8. The summed E-state index contributed by atoms with van der Waals surface area (Å²) in [6.07, 6.45) is 0.681. The van der Waals surface area contributed by atoms with E-state index in [9.17, 15) is 13.2 Å². The quantitative estimate of drug-likeness (QED) is 0.759. The zero-order valence-corrected chi connectivity index (χ0v) is 16.6. The summed E-state index contributed by atoms with van der Waals surface area (Å²) in [5.41, 5.74) is 1.31. The highest BCUT2D eigenvalue weighted by Gasteiger charge is 2.28. The number of nitrogens with one attached hydrogen (secondary N) is 1. The molecule has 0 aromatic heterocycles. The van der Waals surface area contributed by atoms with Crippen LogP contribution >= 0.6 is 0 Å². The molecule has 0 spiro atoms. The Bertz CT molecular complexity index is 909. The van der Waals surface area contributed by atoms with Crippen molar-refractivity contribution in [1.29, 1.82) is 0 Å². The summed E-state index contributed by atoms with van der Waals surface area (Å²) in [7, 11) is -2.24. The van der Waals surface area contributed by atoms with Crippen molar-refractivity contribution in [1.82, 2.24) is 9.62 Å². The molecule has 150 valence electrons. The molecule has 0 bridgehead atoms. The highest BCUT2D eigenvalue weighted by Crippen LogP contribution is 2.25. The van der Waals surface area contributed by atoms with Crippen LogP contribution in [0.5, 0.6) is 5.75 Å². The van der Waals surface area contributed by atoms with Gasteiger partial charge in [-0.2, -0.15) is 4.31 Å². The van der Waals surface area contributed by atoms with Crippen LogP contribution in [0.3, 0.4) is 0 Å². The fraction of sp³-hybridized carbons (Fsp3) is 0.350. The second-order valence-electron chi connectivity index (χ2n) is 6.37. The van der Waals surface area contributed by atoms with Crippen LogP contribution in [-0.2, 0) is 21.2 Å². The minimum Gasteiger partial charge on any atom is -0.496 e. The number of sulfonamides is 1. The van der Waals surface area contributed by atoms with Crippen LogP contribution in [0.2, 0.25) is 0 Å². The molecule has 3 rings (SSSR count). The standard InChI is InChI=1S/C20H24N2O5S/c1-26-19-8-7-17(28(24,25)22-11-13-27-14-12-22)15-18(19)20(23)21-10-9-16-5-3-2-4-6-16/h2-8,15H,9-14H2,1H3,(H,21,23). The maximum absolute atomic E-state index is 12.9. The molecule has 1 amide bonds. The number of morpholine rings is 1. The number of benzene rings is 2. The van der Waals surface area contributed by atoms with E-state index in [-0.39, 0.29) is 16.4 Å². The van der Waals surface area contributed by atoms with Gasteiger partial charge in [0.2, 0.25) is 10.0 Å². The van der Waals surface area contributed by atoms with Gasteiger partial charge >= 0.3 is 0 Å². The number of hydrogen-bond donors (Lipinski definition) is 1.